The van der Waals surface area contributed by atoms with Gasteiger partial charge in [0.15, 0.2) is 0 Å². The summed E-state index contributed by atoms with van der Waals surface area (Å²) in [6.07, 6.45) is 6.87. The SMILES string of the molecule is NC(=O)C(NC(=O)C1CCCCC1c1ccc(CNC(=O)c2ccncc2)cc1)c1ccccc1. The topological polar surface area (TPSA) is 114 Å². The first-order valence-electron chi connectivity index (χ1n) is 11.9. The fourth-order valence-corrected chi connectivity index (χ4v) is 4.73. The molecular weight excluding hydrogens is 440 g/mol. The monoisotopic (exact) mass is 470 g/mol. The van der Waals surface area contributed by atoms with E-state index in [1.165, 1.54) is 0 Å². The molecule has 7 nitrogen and oxygen atoms in total. The molecular formula is C28H30N4O3. The molecule has 1 aliphatic carbocycles. The Balaban J connectivity index is 1.42. The Kier molecular flexibility index (Phi) is 7.88. The number of hydrogen-bond donors (Lipinski definition) is 3. The maximum Gasteiger partial charge on any atom is 0.251 e. The standard InChI is InChI=1S/C28H30N4O3/c29-26(33)25(21-6-2-1-3-7-21)32-28(35)24-9-5-4-8-23(24)20-12-10-19(11-13-20)18-31-27(34)22-14-16-30-17-15-22/h1-3,6-7,10-17,23-25H,4-5,8-9,18H2,(H2,29,33)(H,31,34)(H,32,35). The molecule has 1 heterocycles. The molecule has 2 aromatic carbocycles. The molecule has 0 bridgehead atoms. The van der Waals surface area contributed by atoms with Crippen LogP contribution in [0.5, 0.6) is 0 Å². The van der Waals surface area contributed by atoms with Gasteiger partial charge in [-0.15, -0.1) is 0 Å². The highest BCUT2D eigenvalue weighted by Gasteiger charge is 2.34. The zero-order valence-corrected chi connectivity index (χ0v) is 19.5. The molecule has 1 saturated carbocycles. The number of benzene rings is 2. The van der Waals surface area contributed by atoms with Crippen LogP contribution in [0, 0.1) is 5.92 Å². The van der Waals surface area contributed by atoms with Crippen molar-refractivity contribution in [3.63, 3.8) is 0 Å². The van der Waals surface area contributed by atoms with Crippen LogP contribution in [0.3, 0.4) is 0 Å². The van der Waals surface area contributed by atoms with E-state index in [2.05, 4.69) is 15.6 Å². The highest BCUT2D eigenvalue weighted by molar-refractivity contribution is 5.94. The lowest BCUT2D eigenvalue weighted by Gasteiger charge is -2.32. The molecule has 7 heteroatoms. The van der Waals surface area contributed by atoms with Crippen LogP contribution in [0.4, 0.5) is 0 Å². The van der Waals surface area contributed by atoms with Crippen molar-refractivity contribution in [1.29, 1.82) is 0 Å². The first-order valence-corrected chi connectivity index (χ1v) is 11.9. The zero-order valence-electron chi connectivity index (χ0n) is 19.5. The number of hydrogen-bond acceptors (Lipinski definition) is 4. The van der Waals surface area contributed by atoms with Crippen molar-refractivity contribution in [2.75, 3.05) is 0 Å². The summed E-state index contributed by atoms with van der Waals surface area (Å²) in [5.41, 5.74) is 8.92. The number of pyridine rings is 1. The molecule has 3 atom stereocenters. The van der Waals surface area contributed by atoms with E-state index in [4.69, 9.17) is 5.73 Å². The summed E-state index contributed by atoms with van der Waals surface area (Å²) >= 11 is 0. The van der Waals surface area contributed by atoms with Crippen LogP contribution in [0.1, 0.15) is 64.7 Å². The summed E-state index contributed by atoms with van der Waals surface area (Å²) in [6.45, 7) is 0.410. The first-order chi connectivity index (χ1) is 17.0. The maximum absolute atomic E-state index is 13.3. The molecule has 0 radical (unpaired) electrons. The fourth-order valence-electron chi connectivity index (χ4n) is 4.73. The van der Waals surface area contributed by atoms with E-state index < -0.39 is 11.9 Å². The Morgan fingerprint density at radius 1 is 0.914 bits per heavy atom. The van der Waals surface area contributed by atoms with Crippen molar-refractivity contribution in [3.8, 4) is 0 Å². The van der Waals surface area contributed by atoms with Crippen LogP contribution in [-0.4, -0.2) is 22.7 Å². The van der Waals surface area contributed by atoms with Crippen LogP contribution < -0.4 is 16.4 Å². The third kappa shape index (κ3) is 6.12. The molecule has 1 aromatic heterocycles. The number of rotatable bonds is 8. The van der Waals surface area contributed by atoms with E-state index in [1.54, 1.807) is 36.7 Å². The van der Waals surface area contributed by atoms with Gasteiger partial charge in [0.1, 0.15) is 6.04 Å². The Bertz CT molecular complexity index is 1150. The summed E-state index contributed by atoms with van der Waals surface area (Å²) in [6, 6.07) is 19.6. The van der Waals surface area contributed by atoms with Gasteiger partial charge in [-0.2, -0.15) is 0 Å². The Morgan fingerprint density at radius 2 is 1.60 bits per heavy atom. The number of carbonyl (C=O) groups excluding carboxylic acids is 3. The van der Waals surface area contributed by atoms with Crippen LogP contribution in [0.25, 0.3) is 0 Å². The third-order valence-electron chi connectivity index (χ3n) is 6.61. The fraction of sp³-hybridized carbons (Fsp3) is 0.286. The Labute approximate surface area is 205 Å². The lowest BCUT2D eigenvalue weighted by Crippen LogP contribution is -2.42. The predicted molar refractivity (Wildman–Crippen MR) is 133 cm³/mol. The summed E-state index contributed by atoms with van der Waals surface area (Å²) in [4.78, 5) is 41.6. The van der Waals surface area contributed by atoms with Gasteiger partial charge in [-0.05, 0) is 47.6 Å². The van der Waals surface area contributed by atoms with Crippen LogP contribution in [0.15, 0.2) is 79.1 Å². The molecule has 35 heavy (non-hydrogen) atoms. The van der Waals surface area contributed by atoms with Crippen molar-refractivity contribution in [2.24, 2.45) is 11.7 Å². The number of amides is 3. The second-order valence-corrected chi connectivity index (χ2v) is 8.91. The maximum atomic E-state index is 13.3. The average Bonchev–Trinajstić information content (AvgIpc) is 2.91. The number of primary amides is 1. The highest BCUT2D eigenvalue weighted by atomic mass is 16.2. The quantitative estimate of drug-likeness (QED) is 0.466. The molecule has 3 unspecified atom stereocenters. The molecule has 0 saturated heterocycles. The van der Waals surface area contributed by atoms with Gasteiger partial charge in [0.2, 0.25) is 11.8 Å². The first kappa shape index (κ1) is 24.1. The second-order valence-electron chi connectivity index (χ2n) is 8.91. The van der Waals surface area contributed by atoms with Gasteiger partial charge in [0, 0.05) is 30.4 Å². The summed E-state index contributed by atoms with van der Waals surface area (Å²) in [7, 11) is 0. The van der Waals surface area contributed by atoms with Crippen LogP contribution in [0.2, 0.25) is 0 Å². The molecule has 0 aliphatic heterocycles. The highest BCUT2D eigenvalue weighted by Crippen LogP contribution is 2.38. The van der Waals surface area contributed by atoms with Gasteiger partial charge in [0.05, 0.1) is 0 Å². The number of nitrogens with two attached hydrogens (primary N) is 1. The van der Waals surface area contributed by atoms with Gasteiger partial charge in [-0.3, -0.25) is 19.4 Å². The molecule has 1 aliphatic rings. The number of nitrogens with one attached hydrogen (secondary N) is 2. The van der Waals surface area contributed by atoms with Crippen LogP contribution >= 0.6 is 0 Å². The van der Waals surface area contributed by atoms with Crippen molar-refractivity contribution in [2.45, 2.75) is 44.2 Å². The normalized spacial score (nSPS) is 18.3. The van der Waals surface area contributed by atoms with Gasteiger partial charge in [-0.1, -0.05) is 67.4 Å². The largest absolute Gasteiger partial charge is 0.368 e. The number of aromatic nitrogens is 1. The molecule has 3 amide bonds. The van der Waals surface area contributed by atoms with E-state index >= 15 is 0 Å². The molecule has 4 rings (SSSR count). The van der Waals surface area contributed by atoms with E-state index in [9.17, 15) is 14.4 Å². The Hall–Kier alpha value is -4.00. The van der Waals surface area contributed by atoms with Gasteiger partial charge >= 0.3 is 0 Å². The smallest absolute Gasteiger partial charge is 0.251 e. The minimum absolute atomic E-state index is 0.0634. The summed E-state index contributed by atoms with van der Waals surface area (Å²) < 4.78 is 0. The van der Waals surface area contributed by atoms with Gasteiger partial charge in [0.25, 0.3) is 5.91 Å². The van der Waals surface area contributed by atoms with E-state index in [0.717, 1.165) is 36.8 Å². The lowest BCUT2D eigenvalue weighted by molar-refractivity contribution is -0.131. The van der Waals surface area contributed by atoms with Crippen LogP contribution in [-0.2, 0) is 16.1 Å². The van der Waals surface area contributed by atoms with Crippen molar-refractivity contribution < 1.29 is 14.4 Å². The van der Waals surface area contributed by atoms with E-state index in [-0.39, 0.29) is 23.7 Å². The number of nitrogens with zero attached hydrogens (tertiary/aromatic N) is 1. The van der Waals surface area contributed by atoms with Crippen molar-refractivity contribution in [1.82, 2.24) is 15.6 Å². The zero-order chi connectivity index (χ0) is 24.6. The van der Waals surface area contributed by atoms with Gasteiger partial charge < -0.3 is 16.4 Å². The Morgan fingerprint density at radius 3 is 2.29 bits per heavy atom. The minimum atomic E-state index is -0.849. The average molecular weight is 471 g/mol. The molecule has 180 valence electrons. The summed E-state index contributed by atoms with van der Waals surface area (Å²) in [5.74, 6) is -1.03. The minimum Gasteiger partial charge on any atom is -0.368 e. The van der Waals surface area contributed by atoms with Crippen molar-refractivity contribution >= 4 is 17.7 Å². The molecule has 1 fully saturated rings. The van der Waals surface area contributed by atoms with E-state index in [1.807, 2.05) is 42.5 Å². The van der Waals surface area contributed by atoms with Gasteiger partial charge in [-0.25, -0.2) is 0 Å². The second kappa shape index (κ2) is 11.4. The van der Waals surface area contributed by atoms with Crippen molar-refractivity contribution in [3.05, 3.63) is 101 Å². The number of carbonyl (C=O) groups is 3. The molecule has 0 spiro atoms. The van der Waals surface area contributed by atoms with E-state index in [0.29, 0.717) is 17.7 Å². The summed E-state index contributed by atoms with van der Waals surface area (Å²) in [5, 5.41) is 5.81. The third-order valence-corrected chi connectivity index (χ3v) is 6.61. The molecule has 3 aromatic rings. The predicted octanol–water partition coefficient (Wildman–Crippen LogP) is 3.63. The lowest BCUT2D eigenvalue weighted by atomic mass is 9.74. The molecule has 4 N–H and O–H groups in total.